The molecule has 0 fully saturated rings. The van der Waals surface area contributed by atoms with E-state index in [4.69, 9.17) is 0 Å². The van der Waals surface area contributed by atoms with Crippen molar-refractivity contribution < 1.29 is 0 Å². The van der Waals surface area contributed by atoms with E-state index in [0.29, 0.717) is 5.92 Å². The third-order valence-electron chi connectivity index (χ3n) is 3.34. The van der Waals surface area contributed by atoms with Crippen molar-refractivity contribution in [1.29, 1.82) is 0 Å². The molecule has 114 valence electrons. The summed E-state index contributed by atoms with van der Waals surface area (Å²) in [5.41, 5.74) is 3.56. The number of rotatable bonds is 5. The second kappa shape index (κ2) is 6.43. The van der Waals surface area contributed by atoms with Gasteiger partial charge >= 0.3 is 0 Å². The Bertz CT molecular complexity index is 685. The first-order chi connectivity index (χ1) is 9.93. The summed E-state index contributed by atoms with van der Waals surface area (Å²) >= 11 is 1.54. The normalized spacial score (nSPS) is 11.1. The SMILES string of the molecule is CCNc1nc(-c2c(C)cc(C)n(CC(C)C)c2=O)cs1. The highest BCUT2D eigenvalue weighted by atomic mass is 32.1. The Kier molecular flexibility index (Phi) is 4.83. The Morgan fingerprint density at radius 2 is 2.10 bits per heavy atom. The first kappa shape index (κ1) is 15.8. The monoisotopic (exact) mass is 305 g/mol. The van der Waals surface area contributed by atoms with Gasteiger partial charge in [0.1, 0.15) is 0 Å². The van der Waals surface area contributed by atoms with Crippen LogP contribution in [0.3, 0.4) is 0 Å². The lowest BCUT2D eigenvalue weighted by atomic mass is 10.1. The molecule has 0 saturated carbocycles. The molecule has 0 bridgehead atoms. The van der Waals surface area contributed by atoms with Crippen molar-refractivity contribution in [2.45, 2.75) is 41.2 Å². The van der Waals surface area contributed by atoms with Crippen molar-refractivity contribution >= 4 is 16.5 Å². The summed E-state index contributed by atoms with van der Waals surface area (Å²) in [6, 6.07) is 2.07. The Labute approximate surface area is 129 Å². The van der Waals surface area contributed by atoms with E-state index in [9.17, 15) is 4.79 Å². The fourth-order valence-corrected chi connectivity index (χ4v) is 3.22. The van der Waals surface area contributed by atoms with Crippen molar-refractivity contribution in [2.24, 2.45) is 5.92 Å². The molecule has 1 N–H and O–H groups in total. The minimum Gasteiger partial charge on any atom is -0.362 e. The van der Waals surface area contributed by atoms with E-state index in [2.05, 4.69) is 30.2 Å². The van der Waals surface area contributed by atoms with Crippen LogP contribution in [0.2, 0.25) is 0 Å². The average molecular weight is 305 g/mol. The Hall–Kier alpha value is -1.62. The van der Waals surface area contributed by atoms with E-state index in [0.717, 1.165) is 40.7 Å². The quantitative estimate of drug-likeness (QED) is 0.916. The topological polar surface area (TPSA) is 46.9 Å². The molecule has 2 rings (SSSR count). The minimum absolute atomic E-state index is 0.0644. The van der Waals surface area contributed by atoms with Crippen LogP contribution >= 0.6 is 11.3 Å². The number of nitrogens with one attached hydrogen (secondary N) is 1. The number of thiazole rings is 1. The predicted octanol–water partition coefficient (Wildman–Crippen LogP) is 3.68. The molecule has 0 aliphatic carbocycles. The van der Waals surface area contributed by atoms with Gasteiger partial charge in [0.2, 0.25) is 0 Å². The van der Waals surface area contributed by atoms with Gasteiger partial charge in [0.05, 0.1) is 11.3 Å². The molecular weight excluding hydrogens is 282 g/mol. The molecule has 0 spiro atoms. The van der Waals surface area contributed by atoms with Crippen molar-refractivity contribution in [1.82, 2.24) is 9.55 Å². The minimum atomic E-state index is 0.0644. The molecule has 2 heterocycles. The summed E-state index contributed by atoms with van der Waals surface area (Å²) in [5, 5.41) is 6.01. The molecule has 4 nitrogen and oxygen atoms in total. The predicted molar refractivity (Wildman–Crippen MR) is 90.3 cm³/mol. The maximum atomic E-state index is 12.8. The second-order valence-electron chi connectivity index (χ2n) is 5.72. The fourth-order valence-electron chi connectivity index (χ4n) is 2.45. The smallest absolute Gasteiger partial charge is 0.260 e. The van der Waals surface area contributed by atoms with Crippen LogP contribution in [0.15, 0.2) is 16.2 Å². The van der Waals surface area contributed by atoms with E-state index in [1.54, 1.807) is 0 Å². The van der Waals surface area contributed by atoms with Gasteiger partial charge in [-0.3, -0.25) is 4.79 Å². The van der Waals surface area contributed by atoms with Crippen LogP contribution in [0, 0.1) is 19.8 Å². The van der Waals surface area contributed by atoms with Crippen LogP contribution in [0.4, 0.5) is 5.13 Å². The second-order valence-corrected chi connectivity index (χ2v) is 6.58. The molecule has 0 aromatic carbocycles. The number of pyridine rings is 1. The van der Waals surface area contributed by atoms with Crippen molar-refractivity contribution in [3.8, 4) is 11.3 Å². The Morgan fingerprint density at radius 3 is 2.71 bits per heavy atom. The summed E-state index contributed by atoms with van der Waals surface area (Å²) in [6.07, 6.45) is 0. The molecule has 0 atom stereocenters. The van der Waals surface area contributed by atoms with Crippen LogP contribution in [0.1, 0.15) is 32.0 Å². The molecule has 0 saturated heterocycles. The van der Waals surface area contributed by atoms with E-state index in [1.807, 2.05) is 30.7 Å². The fraction of sp³-hybridized carbons (Fsp3) is 0.500. The average Bonchev–Trinajstić information content (AvgIpc) is 2.83. The molecule has 0 aliphatic rings. The zero-order valence-electron chi connectivity index (χ0n) is 13.4. The summed E-state index contributed by atoms with van der Waals surface area (Å²) < 4.78 is 1.86. The largest absolute Gasteiger partial charge is 0.362 e. The van der Waals surface area contributed by atoms with Gasteiger partial charge < -0.3 is 9.88 Å². The van der Waals surface area contributed by atoms with Gasteiger partial charge in [-0.25, -0.2) is 4.98 Å². The third kappa shape index (κ3) is 3.35. The maximum absolute atomic E-state index is 12.8. The van der Waals surface area contributed by atoms with E-state index in [-0.39, 0.29) is 5.56 Å². The van der Waals surface area contributed by atoms with Crippen LogP contribution in [0.5, 0.6) is 0 Å². The molecule has 5 heteroatoms. The van der Waals surface area contributed by atoms with Gasteiger partial charge in [-0.2, -0.15) is 0 Å². The van der Waals surface area contributed by atoms with Gasteiger partial charge in [0, 0.05) is 24.2 Å². The highest BCUT2D eigenvalue weighted by Gasteiger charge is 2.15. The van der Waals surface area contributed by atoms with Crippen molar-refractivity contribution in [3.63, 3.8) is 0 Å². The van der Waals surface area contributed by atoms with Gasteiger partial charge in [-0.1, -0.05) is 13.8 Å². The zero-order chi connectivity index (χ0) is 15.6. The zero-order valence-corrected chi connectivity index (χ0v) is 14.2. The number of aromatic nitrogens is 2. The molecule has 0 unspecified atom stereocenters. The van der Waals surface area contributed by atoms with Gasteiger partial charge in [0.25, 0.3) is 5.56 Å². The van der Waals surface area contributed by atoms with Crippen LogP contribution < -0.4 is 10.9 Å². The maximum Gasteiger partial charge on any atom is 0.260 e. The lowest BCUT2D eigenvalue weighted by molar-refractivity contribution is 0.502. The molecule has 0 amide bonds. The molecule has 21 heavy (non-hydrogen) atoms. The summed E-state index contributed by atoms with van der Waals surface area (Å²) in [7, 11) is 0. The number of anilines is 1. The molecule has 0 aliphatic heterocycles. The first-order valence-corrected chi connectivity index (χ1v) is 8.22. The Morgan fingerprint density at radius 1 is 1.38 bits per heavy atom. The van der Waals surface area contributed by atoms with Crippen LogP contribution in [0.25, 0.3) is 11.3 Å². The summed E-state index contributed by atoms with van der Waals surface area (Å²) in [6.45, 7) is 11.8. The summed E-state index contributed by atoms with van der Waals surface area (Å²) in [4.78, 5) is 17.4. The number of aryl methyl sites for hydroxylation is 2. The van der Waals surface area contributed by atoms with E-state index >= 15 is 0 Å². The molecular formula is C16H23N3OS. The molecule has 0 radical (unpaired) electrons. The number of nitrogens with zero attached hydrogens (tertiary/aromatic N) is 2. The highest BCUT2D eigenvalue weighted by molar-refractivity contribution is 7.14. The summed E-state index contributed by atoms with van der Waals surface area (Å²) in [5.74, 6) is 0.435. The van der Waals surface area contributed by atoms with Crippen LogP contribution in [-0.4, -0.2) is 16.1 Å². The number of hydrogen-bond acceptors (Lipinski definition) is 4. The van der Waals surface area contributed by atoms with E-state index < -0.39 is 0 Å². The standard InChI is InChI=1S/C16H23N3OS/c1-6-17-16-18-13(9-21-16)14-11(4)7-12(5)19(15(14)20)8-10(2)3/h7,9-10H,6,8H2,1-5H3,(H,17,18). The molecule has 2 aromatic rings. The molecule has 2 aromatic heterocycles. The lowest BCUT2D eigenvalue weighted by Gasteiger charge is -2.15. The van der Waals surface area contributed by atoms with E-state index in [1.165, 1.54) is 11.3 Å². The Balaban J connectivity index is 2.54. The number of hydrogen-bond donors (Lipinski definition) is 1. The van der Waals surface area contributed by atoms with Gasteiger partial charge in [-0.05, 0) is 38.3 Å². The van der Waals surface area contributed by atoms with Crippen molar-refractivity contribution in [3.05, 3.63) is 33.1 Å². The van der Waals surface area contributed by atoms with Gasteiger partial charge in [-0.15, -0.1) is 11.3 Å². The van der Waals surface area contributed by atoms with Crippen LogP contribution in [-0.2, 0) is 6.54 Å². The third-order valence-corrected chi connectivity index (χ3v) is 4.14. The first-order valence-electron chi connectivity index (χ1n) is 7.34. The lowest BCUT2D eigenvalue weighted by Crippen LogP contribution is -2.26. The highest BCUT2D eigenvalue weighted by Crippen LogP contribution is 2.25. The van der Waals surface area contributed by atoms with Gasteiger partial charge in [0.15, 0.2) is 5.13 Å². The van der Waals surface area contributed by atoms with Crippen molar-refractivity contribution in [2.75, 3.05) is 11.9 Å².